The summed E-state index contributed by atoms with van der Waals surface area (Å²) >= 11 is 4.78. The Bertz CT molecular complexity index is 719. The molecule has 5 nitrogen and oxygen atoms in total. The number of rotatable bonds is 3. The van der Waals surface area contributed by atoms with Crippen LogP contribution in [-0.4, -0.2) is 22.2 Å². The highest BCUT2D eigenvalue weighted by Crippen LogP contribution is 2.21. The summed E-state index contributed by atoms with van der Waals surface area (Å²) in [7, 11) is 1.61. The second-order valence-electron chi connectivity index (χ2n) is 4.22. The van der Waals surface area contributed by atoms with Gasteiger partial charge in [0.2, 0.25) is 0 Å². The normalized spacial score (nSPS) is 10.4. The van der Waals surface area contributed by atoms with Gasteiger partial charge in [0.05, 0.1) is 12.7 Å². The quantitative estimate of drug-likeness (QED) is 0.751. The number of benzene rings is 1. The molecule has 2 rings (SSSR count). The van der Waals surface area contributed by atoms with Crippen molar-refractivity contribution in [2.24, 2.45) is 0 Å². The monoisotopic (exact) mass is 278 g/mol. The van der Waals surface area contributed by atoms with Gasteiger partial charge in [0.15, 0.2) is 10.7 Å². The first-order chi connectivity index (χ1) is 9.01. The van der Waals surface area contributed by atoms with Crippen LogP contribution in [-0.2, 0) is 6.42 Å². The molecule has 0 bridgehead atoms. The maximum absolute atomic E-state index is 11.7. The summed E-state index contributed by atoms with van der Waals surface area (Å²) < 4.78 is 5.28. The number of nitrogens with one attached hydrogen (secondary N) is 2. The molecule has 0 fully saturated rings. The van der Waals surface area contributed by atoms with Gasteiger partial charge in [-0.2, -0.15) is 0 Å². The van der Waals surface area contributed by atoms with E-state index in [0.717, 1.165) is 16.9 Å². The van der Waals surface area contributed by atoms with Crippen LogP contribution in [0.3, 0.4) is 0 Å². The van der Waals surface area contributed by atoms with E-state index in [1.807, 2.05) is 25.1 Å². The number of H-pyrrole nitrogens is 2. The Hall–Kier alpha value is -2.08. The molecule has 100 valence electrons. The molecule has 0 aliphatic heterocycles. The molecule has 0 unspecified atom stereocenters. The van der Waals surface area contributed by atoms with Crippen LogP contribution in [0.25, 0.3) is 0 Å². The highest BCUT2D eigenvalue weighted by atomic mass is 32.1. The molecular formula is C13H14N2O3S. The number of aryl methyl sites for hydroxylation is 1. The lowest BCUT2D eigenvalue weighted by atomic mass is 10.0. The number of aromatic hydroxyl groups is 1. The fraction of sp³-hybridized carbons (Fsp3) is 0.231. The fourth-order valence-electron chi connectivity index (χ4n) is 1.92. The summed E-state index contributed by atoms with van der Waals surface area (Å²) in [5.41, 5.74) is 1.76. The van der Waals surface area contributed by atoms with Gasteiger partial charge in [0, 0.05) is 6.42 Å². The maximum atomic E-state index is 11.7. The van der Waals surface area contributed by atoms with Crippen molar-refractivity contribution < 1.29 is 9.84 Å². The molecule has 2 aromatic rings. The summed E-state index contributed by atoms with van der Waals surface area (Å²) in [4.78, 5) is 16.7. The van der Waals surface area contributed by atoms with Crippen LogP contribution >= 0.6 is 12.2 Å². The average molecular weight is 278 g/mol. The third-order valence-corrected chi connectivity index (χ3v) is 3.06. The Morgan fingerprint density at radius 3 is 2.68 bits per heavy atom. The Morgan fingerprint density at radius 2 is 2.11 bits per heavy atom. The van der Waals surface area contributed by atoms with Crippen molar-refractivity contribution >= 4 is 12.2 Å². The van der Waals surface area contributed by atoms with Crippen LogP contribution in [0.1, 0.15) is 16.7 Å². The zero-order valence-electron chi connectivity index (χ0n) is 10.6. The molecule has 6 heteroatoms. The number of methoxy groups -OCH3 is 1. The topological polar surface area (TPSA) is 78.1 Å². The number of aromatic nitrogens is 2. The third-order valence-electron chi connectivity index (χ3n) is 2.86. The minimum Gasteiger partial charge on any atom is -0.496 e. The molecule has 1 heterocycles. The molecule has 0 saturated heterocycles. The Kier molecular flexibility index (Phi) is 3.71. The van der Waals surface area contributed by atoms with Gasteiger partial charge in [0.25, 0.3) is 5.56 Å². The van der Waals surface area contributed by atoms with E-state index in [0.29, 0.717) is 6.42 Å². The van der Waals surface area contributed by atoms with E-state index in [4.69, 9.17) is 17.0 Å². The molecule has 0 atom stereocenters. The average Bonchev–Trinajstić information content (AvgIpc) is 2.34. The lowest BCUT2D eigenvalue weighted by Crippen LogP contribution is -2.14. The molecule has 1 aromatic carbocycles. The van der Waals surface area contributed by atoms with Gasteiger partial charge in [-0.25, -0.2) is 0 Å². The smallest absolute Gasteiger partial charge is 0.259 e. The van der Waals surface area contributed by atoms with Gasteiger partial charge in [-0.3, -0.25) is 9.78 Å². The number of hydrogen-bond donors (Lipinski definition) is 3. The number of ether oxygens (including phenoxy) is 1. The zero-order chi connectivity index (χ0) is 14.0. The second-order valence-corrected chi connectivity index (χ2v) is 4.62. The van der Waals surface area contributed by atoms with Crippen LogP contribution in [0.15, 0.2) is 23.0 Å². The Labute approximate surface area is 114 Å². The van der Waals surface area contributed by atoms with Crippen molar-refractivity contribution in [2.45, 2.75) is 13.3 Å². The molecule has 0 amide bonds. The first kappa shape index (κ1) is 13.4. The first-order valence-corrected chi connectivity index (χ1v) is 6.10. The summed E-state index contributed by atoms with van der Waals surface area (Å²) in [6.07, 6.45) is 0.318. The summed E-state index contributed by atoms with van der Waals surface area (Å²) in [6.45, 7) is 1.92. The van der Waals surface area contributed by atoms with Gasteiger partial charge in [0.1, 0.15) is 5.75 Å². The predicted molar refractivity (Wildman–Crippen MR) is 74.4 cm³/mol. The molecular weight excluding hydrogens is 264 g/mol. The minimum atomic E-state index is -0.380. The van der Waals surface area contributed by atoms with E-state index in [2.05, 4.69) is 9.97 Å². The van der Waals surface area contributed by atoms with Crippen molar-refractivity contribution in [1.82, 2.24) is 9.97 Å². The van der Waals surface area contributed by atoms with Crippen molar-refractivity contribution in [3.8, 4) is 11.6 Å². The zero-order valence-corrected chi connectivity index (χ0v) is 11.4. The van der Waals surface area contributed by atoms with Gasteiger partial charge in [-0.05, 0) is 36.3 Å². The molecule has 0 spiro atoms. The van der Waals surface area contributed by atoms with Crippen LogP contribution < -0.4 is 10.3 Å². The predicted octanol–water partition coefficient (Wildman–Crippen LogP) is 2.05. The van der Waals surface area contributed by atoms with Crippen molar-refractivity contribution in [3.05, 3.63) is 50.0 Å². The van der Waals surface area contributed by atoms with Crippen LogP contribution in [0.2, 0.25) is 0 Å². The van der Waals surface area contributed by atoms with Crippen LogP contribution in [0.5, 0.6) is 11.6 Å². The van der Waals surface area contributed by atoms with Crippen LogP contribution in [0.4, 0.5) is 0 Å². The molecule has 0 radical (unpaired) electrons. The lowest BCUT2D eigenvalue weighted by Gasteiger charge is -2.08. The van der Waals surface area contributed by atoms with E-state index in [-0.39, 0.29) is 21.8 Å². The molecule has 0 aliphatic rings. The lowest BCUT2D eigenvalue weighted by molar-refractivity contribution is 0.411. The van der Waals surface area contributed by atoms with Gasteiger partial charge in [-0.15, -0.1) is 0 Å². The molecule has 0 aliphatic carbocycles. The standard InChI is InChI=1S/C13H14N2O3S/c1-7-5-8(3-4-10(7)18-2)6-9-11(16)14-13(19)15-12(9)17/h3-5H,6H2,1-2H3,(H3,14,15,16,17,19). The van der Waals surface area contributed by atoms with E-state index in [1.54, 1.807) is 7.11 Å². The summed E-state index contributed by atoms with van der Waals surface area (Å²) in [6, 6.07) is 5.60. The maximum Gasteiger partial charge on any atom is 0.259 e. The molecule has 1 aromatic heterocycles. The van der Waals surface area contributed by atoms with E-state index in [9.17, 15) is 9.90 Å². The minimum absolute atomic E-state index is 0.108. The number of aromatic amines is 2. The van der Waals surface area contributed by atoms with Gasteiger partial charge >= 0.3 is 0 Å². The second kappa shape index (κ2) is 5.27. The van der Waals surface area contributed by atoms with E-state index in [1.165, 1.54) is 0 Å². The largest absolute Gasteiger partial charge is 0.496 e. The van der Waals surface area contributed by atoms with E-state index < -0.39 is 0 Å². The highest BCUT2D eigenvalue weighted by Gasteiger charge is 2.09. The fourth-order valence-corrected chi connectivity index (χ4v) is 2.11. The first-order valence-electron chi connectivity index (χ1n) is 5.69. The Balaban J connectivity index is 2.39. The van der Waals surface area contributed by atoms with Crippen molar-refractivity contribution in [1.29, 1.82) is 0 Å². The Morgan fingerprint density at radius 1 is 1.37 bits per heavy atom. The molecule has 0 saturated carbocycles. The van der Waals surface area contributed by atoms with E-state index >= 15 is 0 Å². The summed E-state index contributed by atoms with van der Waals surface area (Å²) in [5, 5.41) is 9.74. The number of hydrogen-bond acceptors (Lipinski definition) is 4. The van der Waals surface area contributed by atoms with Gasteiger partial charge < -0.3 is 14.8 Å². The van der Waals surface area contributed by atoms with Gasteiger partial charge in [-0.1, -0.05) is 12.1 Å². The van der Waals surface area contributed by atoms with Crippen molar-refractivity contribution in [3.63, 3.8) is 0 Å². The molecule has 19 heavy (non-hydrogen) atoms. The van der Waals surface area contributed by atoms with Crippen molar-refractivity contribution in [2.75, 3.05) is 7.11 Å². The highest BCUT2D eigenvalue weighted by molar-refractivity contribution is 7.71. The van der Waals surface area contributed by atoms with Crippen LogP contribution in [0, 0.1) is 11.7 Å². The third kappa shape index (κ3) is 2.85. The molecule has 3 N–H and O–H groups in total. The SMILES string of the molecule is COc1ccc(Cc2c(O)[nH]c(=S)[nH]c2=O)cc1C. The summed E-state index contributed by atoms with van der Waals surface area (Å²) in [5.74, 6) is 0.594.